The topological polar surface area (TPSA) is 43.8 Å². The monoisotopic (exact) mass is 297 g/mol. The number of hydrogen-bond donors (Lipinski definition) is 1. The van der Waals surface area contributed by atoms with E-state index in [-0.39, 0.29) is 6.04 Å². The van der Waals surface area contributed by atoms with E-state index < -0.39 is 0 Å². The molecule has 1 aromatic heterocycles. The Labute approximate surface area is 123 Å². The molecule has 0 aliphatic carbocycles. The second kappa shape index (κ2) is 6.42. The van der Waals surface area contributed by atoms with Gasteiger partial charge in [-0.05, 0) is 18.6 Å². The molecule has 0 saturated carbocycles. The molecule has 5 heteroatoms. The van der Waals surface area contributed by atoms with Crippen LogP contribution in [0.1, 0.15) is 30.8 Å². The van der Waals surface area contributed by atoms with Gasteiger partial charge in [0.1, 0.15) is 5.82 Å². The van der Waals surface area contributed by atoms with Gasteiger partial charge in [-0.2, -0.15) is 0 Å². The van der Waals surface area contributed by atoms with Crippen LogP contribution in [0.2, 0.25) is 10.0 Å². The van der Waals surface area contributed by atoms with Crippen LogP contribution < -0.4 is 5.73 Å². The third-order valence-electron chi connectivity index (χ3n) is 3.04. The highest BCUT2D eigenvalue weighted by molar-refractivity contribution is 6.36. The Balaban J connectivity index is 2.21. The molecule has 102 valence electrons. The minimum Gasteiger partial charge on any atom is -0.335 e. The van der Waals surface area contributed by atoms with Crippen molar-refractivity contribution in [2.45, 2.75) is 32.4 Å². The average Bonchev–Trinajstić information content (AvgIpc) is 2.77. The van der Waals surface area contributed by atoms with Crippen molar-refractivity contribution < 1.29 is 0 Å². The summed E-state index contributed by atoms with van der Waals surface area (Å²) in [5.74, 6) is 0.963. The van der Waals surface area contributed by atoms with E-state index in [9.17, 15) is 0 Å². The maximum absolute atomic E-state index is 6.23. The minimum absolute atomic E-state index is 0.251. The molecule has 1 aromatic carbocycles. The van der Waals surface area contributed by atoms with Gasteiger partial charge in [-0.15, -0.1) is 0 Å². The molecule has 0 radical (unpaired) electrons. The Hall–Kier alpha value is -1.03. The number of halogens is 2. The summed E-state index contributed by atoms with van der Waals surface area (Å²) in [7, 11) is 0. The van der Waals surface area contributed by atoms with Gasteiger partial charge in [0.2, 0.25) is 0 Å². The van der Waals surface area contributed by atoms with E-state index in [2.05, 4.69) is 16.5 Å². The maximum Gasteiger partial charge on any atom is 0.110 e. The molecule has 0 saturated heterocycles. The molecule has 2 rings (SSSR count). The summed E-state index contributed by atoms with van der Waals surface area (Å²) in [5.41, 5.74) is 7.02. The van der Waals surface area contributed by atoms with Gasteiger partial charge in [0.25, 0.3) is 0 Å². The van der Waals surface area contributed by atoms with Crippen LogP contribution in [0, 0.1) is 0 Å². The Morgan fingerprint density at radius 2 is 2.00 bits per heavy atom. The number of aromatic nitrogens is 2. The molecule has 0 aliphatic rings. The smallest absolute Gasteiger partial charge is 0.110 e. The first-order chi connectivity index (χ1) is 9.13. The summed E-state index contributed by atoms with van der Waals surface area (Å²) in [6.45, 7) is 3.08. The number of benzene rings is 1. The predicted molar refractivity (Wildman–Crippen MR) is 79.6 cm³/mol. The number of nitrogens with two attached hydrogens (primary N) is 1. The van der Waals surface area contributed by atoms with Crippen molar-refractivity contribution >= 4 is 23.2 Å². The van der Waals surface area contributed by atoms with Crippen molar-refractivity contribution in [2.24, 2.45) is 5.73 Å². The fourth-order valence-electron chi connectivity index (χ4n) is 2.14. The van der Waals surface area contributed by atoms with Crippen LogP contribution in [-0.4, -0.2) is 9.55 Å². The molecule has 0 spiro atoms. The minimum atomic E-state index is -0.251. The van der Waals surface area contributed by atoms with Gasteiger partial charge >= 0.3 is 0 Å². The molecule has 19 heavy (non-hydrogen) atoms. The van der Waals surface area contributed by atoms with Crippen LogP contribution in [0.3, 0.4) is 0 Å². The molecule has 0 aliphatic heterocycles. The maximum atomic E-state index is 6.23. The standard InChI is InChI=1S/C14H17Cl2N3/c1-2-7-19-8-6-18-13(19)9-12(17)14-10(15)4-3-5-11(14)16/h3-6,8,12H,2,7,9,17H2,1H3. The lowest BCUT2D eigenvalue weighted by Gasteiger charge is -2.16. The molecule has 1 atom stereocenters. The predicted octanol–water partition coefficient (Wildman–Crippen LogP) is 3.84. The molecule has 3 nitrogen and oxygen atoms in total. The zero-order valence-electron chi connectivity index (χ0n) is 10.8. The Morgan fingerprint density at radius 3 is 2.63 bits per heavy atom. The van der Waals surface area contributed by atoms with Crippen molar-refractivity contribution in [1.29, 1.82) is 0 Å². The first-order valence-electron chi connectivity index (χ1n) is 6.33. The van der Waals surface area contributed by atoms with E-state index >= 15 is 0 Å². The molecule has 0 fully saturated rings. The fourth-order valence-corrected chi connectivity index (χ4v) is 2.82. The van der Waals surface area contributed by atoms with Gasteiger partial charge in [-0.1, -0.05) is 36.2 Å². The van der Waals surface area contributed by atoms with Crippen molar-refractivity contribution in [3.05, 3.63) is 52.0 Å². The number of imidazole rings is 1. The van der Waals surface area contributed by atoms with Crippen molar-refractivity contribution in [2.75, 3.05) is 0 Å². The Morgan fingerprint density at radius 1 is 1.32 bits per heavy atom. The molecular weight excluding hydrogens is 281 g/mol. The molecule has 0 bridgehead atoms. The van der Waals surface area contributed by atoms with Crippen LogP contribution >= 0.6 is 23.2 Å². The number of hydrogen-bond acceptors (Lipinski definition) is 2. The quantitative estimate of drug-likeness (QED) is 0.911. The van der Waals surface area contributed by atoms with E-state index in [1.54, 1.807) is 18.3 Å². The van der Waals surface area contributed by atoms with Crippen molar-refractivity contribution in [1.82, 2.24) is 9.55 Å². The normalized spacial score (nSPS) is 12.6. The zero-order valence-corrected chi connectivity index (χ0v) is 12.3. The lowest BCUT2D eigenvalue weighted by Crippen LogP contribution is -2.17. The molecular formula is C14H17Cl2N3. The molecule has 0 amide bonds. The van der Waals surface area contributed by atoms with Crippen LogP contribution in [0.4, 0.5) is 0 Å². The van der Waals surface area contributed by atoms with Gasteiger partial charge in [0.05, 0.1) is 0 Å². The van der Waals surface area contributed by atoms with Crippen LogP contribution in [0.5, 0.6) is 0 Å². The van der Waals surface area contributed by atoms with Gasteiger partial charge in [0.15, 0.2) is 0 Å². The van der Waals surface area contributed by atoms with E-state index in [1.165, 1.54) is 0 Å². The summed E-state index contributed by atoms with van der Waals surface area (Å²) in [5, 5.41) is 1.21. The van der Waals surface area contributed by atoms with E-state index in [4.69, 9.17) is 28.9 Å². The first kappa shape index (κ1) is 14.4. The highest BCUT2D eigenvalue weighted by atomic mass is 35.5. The largest absolute Gasteiger partial charge is 0.335 e. The van der Waals surface area contributed by atoms with E-state index in [0.717, 1.165) is 24.4 Å². The summed E-state index contributed by atoms with van der Waals surface area (Å²) >= 11 is 12.3. The molecule has 1 heterocycles. The van der Waals surface area contributed by atoms with Crippen molar-refractivity contribution in [3.8, 4) is 0 Å². The highest BCUT2D eigenvalue weighted by Gasteiger charge is 2.16. The number of aryl methyl sites for hydroxylation is 1. The lowest BCUT2D eigenvalue weighted by atomic mass is 10.0. The first-order valence-corrected chi connectivity index (χ1v) is 7.08. The van der Waals surface area contributed by atoms with Crippen LogP contribution in [-0.2, 0) is 13.0 Å². The summed E-state index contributed by atoms with van der Waals surface area (Å²) in [4.78, 5) is 4.36. The second-order valence-electron chi connectivity index (χ2n) is 4.48. The highest BCUT2D eigenvalue weighted by Crippen LogP contribution is 2.30. The third-order valence-corrected chi connectivity index (χ3v) is 3.70. The average molecular weight is 298 g/mol. The molecule has 1 unspecified atom stereocenters. The summed E-state index contributed by atoms with van der Waals surface area (Å²) in [6, 6.07) is 5.18. The third kappa shape index (κ3) is 3.30. The lowest BCUT2D eigenvalue weighted by molar-refractivity contribution is 0.599. The Bertz CT molecular complexity index is 531. The number of rotatable bonds is 5. The van der Waals surface area contributed by atoms with Crippen molar-refractivity contribution in [3.63, 3.8) is 0 Å². The summed E-state index contributed by atoms with van der Waals surface area (Å²) in [6.07, 6.45) is 5.45. The fraction of sp³-hybridized carbons (Fsp3) is 0.357. The second-order valence-corrected chi connectivity index (χ2v) is 5.30. The SMILES string of the molecule is CCCn1ccnc1CC(N)c1c(Cl)cccc1Cl. The van der Waals surface area contributed by atoms with Crippen LogP contribution in [0.25, 0.3) is 0 Å². The number of nitrogens with zero attached hydrogens (tertiary/aromatic N) is 2. The van der Waals surface area contributed by atoms with E-state index in [0.29, 0.717) is 16.5 Å². The molecule has 2 aromatic rings. The zero-order chi connectivity index (χ0) is 13.8. The molecule has 2 N–H and O–H groups in total. The van der Waals surface area contributed by atoms with Gasteiger partial charge in [-0.3, -0.25) is 0 Å². The van der Waals surface area contributed by atoms with Crippen LogP contribution in [0.15, 0.2) is 30.6 Å². The Kier molecular flexibility index (Phi) is 4.86. The van der Waals surface area contributed by atoms with Gasteiger partial charge in [-0.25, -0.2) is 4.98 Å². The summed E-state index contributed by atoms with van der Waals surface area (Å²) < 4.78 is 2.12. The van der Waals surface area contributed by atoms with Gasteiger partial charge < -0.3 is 10.3 Å². The van der Waals surface area contributed by atoms with E-state index in [1.807, 2.05) is 12.3 Å². The van der Waals surface area contributed by atoms with Gasteiger partial charge in [0, 0.05) is 47.0 Å².